The summed E-state index contributed by atoms with van der Waals surface area (Å²) in [6.07, 6.45) is -0.158. The molecule has 1 saturated heterocycles. The number of β-lactam (4-membered cyclic amide) rings is 1. The molecule has 2 unspecified atom stereocenters. The van der Waals surface area contributed by atoms with Crippen molar-refractivity contribution in [1.29, 1.82) is 0 Å². The number of aryl methyl sites for hydroxylation is 1. The number of rotatable bonds is 8. The van der Waals surface area contributed by atoms with Crippen LogP contribution in [-0.4, -0.2) is 50.5 Å². The number of esters is 1. The van der Waals surface area contributed by atoms with Crippen molar-refractivity contribution in [3.05, 3.63) is 65.2 Å². The van der Waals surface area contributed by atoms with E-state index >= 15 is 0 Å². The summed E-state index contributed by atoms with van der Waals surface area (Å²) in [6.45, 7) is 6.74. The minimum Gasteiger partial charge on any atom is -0.456 e. The molecule has 1 heterocycles. The van der Waals surface area contributed by atoms with Crippen molar-refractivity contribution in [2.45, 2.75) is 56.7 Å². The quantitative estimate of drug-likeness (QED) is 0.330. The van der Waals surface area contributed by atoms with Crippen LogP contribution in [0.1, 0.15) is 42.3 Å². The molecule has 9 nitrogen and oxygen atoms in total. The number of nitrogens with one attached hydrogen (secondary N) is 2. The highest BCUT2D eigenvalue weighted by Crippen LogP contribution is 2.18. The maximum absolute atomic E-state index is 12.6. The number of hydrogen-bond acceptors (Lipinski definition) is 7. The molecule has 1 fully saturated rings. The fourth-order valence-electron chi connectivity index (χ4n) is 3.29. The summed E-state index contributed by atoms with van der Waals surface area (Å²) in [7, 11) is -4.01. The number of hydrogen-bond donors (Lipinski definition) is 2. The van der Waals surface area contributed by atoms with Crippen LogP contribution in [0.4, 0.5) is 0 Å². The first-order chi connectivity index (χ1) is 15.9. The lowest BCUT2D eigenvalue weighted by atomic mass is 9.98. The molecule has 2 N–H and O–H groups in total. The van der Waals surface area contributed by atoms with Gasteiger partial charge in [-0.3, -0.25) is 13.8 Å². The van der Waals surface area contributed by atoms with Crippen LogP contribution in [0.15, 0.2) is 53.4 Å². The smallest absolute Gasteiger partial charge is 0.338 e. The fourth-order valence-corrected chi connectivity index (χ4v) is 4.22. The molecule has 182 valence electrons. The van der Waals surface area contributed by atoms with Gasteiger partial charge in [0.15, 0.2) is 0 Å². The van der Waals surface area contributed by atoms with E-state index in [1.165, 1.54) is 12.1 Å². The molecule has 0 spiro atoms. The van der Waals surface area contributed by atoms with Crippen molar-refractivity contribution < 1.29 is 31.7 Å². The van der Waals surface area contributed by atoms with Gasteiger partial charge in [-0.15, -0.1) is 0 Å². The summed E-state index contributed by atoms with van der Waals surface area (Å²) in [6, 6.07) is 11.1. The van der Waals surface area contributed by atoms with E-state index in [9.17, 15) is 22.8 Å². The number of ether oxygens (including phenoxy) is 1. The Kier molecular flexibility index (Phi) is 7.42. The van der Waals surface area contributed by atoms with Crippen LogP contribution < -0.4 is 10.6 Å². The van der Waals surface area contributed by atoms with Gasteiger partial charge in [0.25, 0.3) is 10.1 Å². The average molecular weight is 489 g/mol. The number of carbonyl (C=O) groups excluding carboxylic acids is 3. The van der Waals surface area contributed by atoms with Crippen molar-refractivity contribution in [1.82, 2.24) is 10.6 Å². The van der Waals surface area contributed by atoms with Gasteiger partial charge in [-0.25, -0.2) is 4.79 Å². The molecule has 0 saturated carbocycles. The van der Waals surface area contributed by atoms with E-state index in [0.717, 1.165) is 5.56 Å². The van der Waals surface area contributed by atoms with Gasteiger partial charge < -0.3 is 15.4 Å². The topological polar surface area (TPSA) is 128 Å². The zero-order valence-electron chi connectivity index (χ0n) is 19.5. The van der Waals surface area contributed by atoms with E-state index < -0.39 is 45.6 Å². The van der Waals surface area contributed by atoms with Crippen LogP contribution >= 0.6 is 0 Å². The molecule has 1 aliphatic heterocycles. The molecule has 3 rings (SSSR count). The Morgan fingerprint density at radius 3 is 2.32 bits per heavy atom. The van der Waals surface area contributed by atoms with Crippen molar-refractivity contribution in [2.75, 3.05) is 6.61 Å². The summed E-state index contributed by atoms with van der Waals surface area (Å²) < 4.78 is 35.2. The van der Waals surface area contributed by atoms with E-state index in [-0.39, 0.29) is 23.5 Å². The second kappa shape index (κ2) is 9.94. The van der Waals surface area contributed by atoms with E-state index in [2.05, 4.69) is 10.6 Å². The van der Waals surface area contributed by atoms with Gasteiger partial charge in [0.2, 0.25) is 11.8 Å². The summed E-state index contributed by atoms with van der Waals surface area (Å²) in [5.74, 6) is -1.50. The lowest BCUT2D eigenvalue weighted by Crippen LogP contribution is -2.70. The Bertz CT molecular complexity index is 1180. The molecule has 0 aromatic heterocycles. The molecule has 2 atom stereocenters. The van der Waals surface area contributed by atoms with Crippen molar-refractivity contribution in [3.8, 4) is 0 Å². The zero-order valence-corrected chi connectivity index (χ0v) is 20.3. The van der Waals surface area contributed by atoms with E-state index in [4.69, 9.17) is 8.92 Å². The van der Waals surface area contributed by atoms with Gasteiger partial charge in [0.05, 0.1) is 29.5 Å². The minimum atomic E-state index is -4.01. The molecule has 2 amide bonds. The van der Waals surface area contributed by atoms with Crippen LogP contribution in [0.2, 0.25) is 0 Å². The first kappa shape index (κ1) is 25.4. The Hall–Kier alpha value is -3.24. The van der Waals surface area contributed by atoms with Gasteiger partial charge in [-0.2, -0.15) is 8.42 Å². The maximum Gasteiger partial charge on any atom is 0.338 e. The van der Waals surface area contributed by atoms with E-state index in [0.29, 0.717) is 5.56 Å². The summed E-state index contributed by atoms with van der Waals surface area (Å²) in [4.78, 5) is 37.1. The predicted molar refractivity (Wildman–Crippen MR) is 123 cm³/mol. The van der Waals surface area contributed by atoms with Gasteiger partial charge in [0, 0.05) is 0 Å². The van der Waals surface area contributed by atoms with Crippen molar-refractivity contribution >= 4 is 27.9 Å². The van der Waals surface area contributed by atoms with Gasteiger partial charge in [-0.1, -0.05) is 35.9 Å². The molecule has 10 heteroatoms. The second-order valence-corrected chi connectivity index (χ2v) is 10.7. The molecular weight excluding hydrogens is 460 g/mol. The van der Waals surface area contributed by atoms with Crippen molar-refractivity contribution in [2.24, 2.45) is 0 Å². The first-order valence-corrected chi connectivity index (χ1v) is 12.1. The third-order valence-corrected chi connectivity index (χ3v) is 6.32. The third-order valence-electron chi connectivity index (χ3n) is 5.03. The van der Waals surface area contributed by atoms with Crippen LogP contribution in [0, 0.1) is 6.92 Å². The molecule has 1 aliphatic rings. The minimum absolute atomic E-state index is 0.00286. The van der Waals surface area contributed by atoms with E-state index in [1.807, 2.05) is 6.92 Å². The molecule has 0 radical (unpaired) electrons. The van der Waals surface area contributed by atoms with E-state index in [1.54, 1.807) is 57.2 Å². The second-order valence-electron chi connectivity index (χ2n) is 9.05. The molecule has 2 aromatic rings. The largest absolute Gasteiger partial charge is 0.456 e. The standard InChI is InChI=1S/C24H28N2O7S/c1-15-9-11-17(12-10-15)34(30,31)32-14-19-21(22(28)25-19)26-20(27)13-16-7-5-6-8-18(16)23(29)33-24(2,3)4/h5-12,19,21H,13-14H2,1-4H3,(H,25,28)(H,26,27). The normalized spacial score (nSPS) is 17.9. The van der Waals surface area contributed by atoms with Crippen LogP contribution in [-0.2, 0) is 35.0 Å². The Morgan fingerprint density at radius 1 is 1.06 bits per heavy atom. The summed E-state index contributed by atoms with van der Waals surface area (Å²) in [5.41, 5.74) is 0.919. The predicted octanol–water partition coefficient (Wildman–Crippen LogP) is 1.88. The summed E-state index contributed by atoms with van der Waals surface area (Å²) >= 11 is 0. The van der Waals surface area contributed by atoms with Gasteiger partial charge in [-0.05, 0) is 51.5 Å². The molecular formula is C24H28N2O7S. The fraction of sp³-hybridized carbons (Fsp3) is 0.375. The summed E-state index contributed by atoms with van der Waals surface area (Å²) in [5, 5.41) is 5.12. The SMILES string of the molecule is Cc1ccc(S(=O)(=O)OCC2NC(=O)C2NC(=O)Cc2ccccc2C(=O)OC(C)(C)C)cc1. The number of benzene rings is 2. The number of carbonyl (C=O) groups is 3. The van der Waals surface area contributed by atoms with Crippen LogP contribution in [0.3, 0.4) is 0 Å². The average Bonchev–Trinajstić information content (AvgIpc) is 2.74. The lowest BCUT2D eigenvalue weighted by molar-refractivity contribution is -0.136. The molecule has 0 aliphatic carbocycles. The molecule has 2 aromatic carbocycles. The number of amides is 2. The zero-order chi connectivity index (χ0) is 25.1. The molecule has 34 heavy (non-hydrogen) atoms. The van der Waals surface area contributed by atoms with Crippen LogP contribution in [0.25, 0.3) is 0 Å². The maximum atomic E-state index is 12.6. The Balaban J connectivity index is 1.60. The highest BCUT2D eigenvalue weighted by atomic mass is 32.2. The molecule has 0 bridgehead atoms. The van der Waals surface area contributed by atoms with Gasteiger partial charge in [0.1, 0.15) is 11.6 Å². The Morgan fingerprint density at radius 2 is 1.71 bits per heavy atom. The first-order valence-electron chi connectivity index (χ1n) is 10.7. The lowest BCUT2D eigenvalue weighted by Gasteiger charge is -2.36. The van der Waals surface area contributed by atoms with Gasteiger partial charge >= 0.3 is 5.97 Å². The van der Waals surface area contributed by atoms with Crippen molar-refractivity contribution in [3.63, 3.8) is 0 Å². The monoisotopic (exact) mass is 488 g/mol. The Labute approximate surface area is 199 Å². The third kappa shape index (κ3) is 6.42. The highest BCUT2D eigenvalue weighted by molar-refractivity contribution is 7.86. The van der Waals surface area contributed by atoms with Crippen LogP contribution in [0.5, 0.6) is 0 Å². The highest BCUT2D eigenvalue weighted by Gasteiger charge is 2.41.